The highest BCUT2D eigenvalue weighted by Gasteiger charge is 2.24. The van der Waals surface area contributed by atoms with Crippen molar-refractivity contribution in [3.63, 3.8) is 0 Å². The maximum atomic E-state index is 11.5. The first-order valence-electron chi connectivity index (χ1n) is 9.90. The van der Waals surface area contributed by atoms with Crippen LogP contribution in [0.4, 0.5) is 0 Å². The van der Waals surface area contributed by atoms with E-state index in [2.05, 4.69) is 43.3 Å². The summed E-state index contributed by atoms with van der Waals surface area (Å²) in [6, 6.07) is 8.78. The molecule has 27 heavy (non-hydrogen) atoms. The number of para-hydroxylation sites is 1. The lowest BCUT2D eigenvalue weighted by molar-refractivity contribution is -0.119. The predicted molar refractivity (Wildman–Crippen MR) is 106 cm³/mol. The van der Waals surface area contributed by atoms with Crippen LogP contribution < -0.4 is 5.32 Å². The molecule has 0 bridgehead atoms. The Balaban J connectivity index is 1.77. The first kappa shape index (κ1) is 17.8. The Bertz CT molecular complexity index is 935. The summed E-state index contributed by atoms with van der Waals surface area (Å²) in [5.74, 6) is 0.900. The Morgan fingerprint density at radius 3 is 2.85 bits per heavy atom. The molecule has 3 aromatic rings. The van der Waals surface area contributed by atoms with Gasteiger partial charge in [0.05, 0.1) is 11.7 Å². The van der Waals surface area contributed by atoms with Crippen LogP contribution in [-0.2, 0) is 11.2 Å². The van der Waals surface area contributed by atoms with Gasteiger partial charge in [-0.3, -0.25) is 4.79 Å². The molecule has 0 saturated heterocycles. The van der Waals surface area contributed by atoms with Crippen molar-refractivity contribution >= 4 is 16.8 Å². The predicted octanol–water partition coefficient (Wildman–Crippen LogP) is 4.00. The van der Waals surface area contributed by atoms with Crippen LogP contribution in [0.15, 0.2) is 30.6 Å². The molecule has 0 spiro atoms. The summed E-state index contributed by atoms with van der Waals surface area (Å²) in [6.45, 7) is 3.60. The Kier molecular flexibility index (Phi) is 4.97. The van der Waals surface area contributed by atoms with Crippen molar-refractivity contribution < 1.29 is 4.79 Å². The third kappa shape index (κ3) is 3.61. The van der Waals surface area contributed by atoms with E-state index in [4.69, 9.17) is 0 Å². The second-order valence-corrected chi connectivity index (χ2v) is 7.65. The molecule has 1 saturated carbocycles. The quantitative estimate of drug-likeness (QED) is 0.717. The van der Waals surface area contributed by atoms with Crippen LogP contribution in [0.5, 0.6) is 0 Å². The number of aromatic nitrogens is 4. The van der Waals surface area contributed by atoms with Gasteiger partial charge in [-0.1, -0.05) is 37.5 Å². The lowest BCUT2D eigenvalue weighted by Gasteiger charge is -2.23. The molecule has 2 aromatic heterocycles. The zero-order valence-corrected chi connectivity index (χ0v) is 16.0. The molecule has 0 radical (unpaired) electrons. The van der Waals surface area contributed by atoms with Crippen LogP contribution in [0.3, 0.4) is 0 Å². The fourth-order valence-corrected chi connectivity index (χ4v) is 4.33. The molecule has 1 amide bonds. The number of carbonyl (C=O) groups excluding carboxylic acids is 1. The van der Waals surface area contributed by atoms with Crippen molar-refractivity contribution in [1.29, 1.82) is 0 Å². The van der Waals surface area contributed by atoms with Crippen molar-refractivity contribution in [2.24, 2.45) is 0 Å². The highest BCUT2D eigenvalue weighted by atomic mass is 16.1. The number of carbonyl (C=O) groups is 1. The minimum atomic E-state index is -0.00531. The molecule has 0 unspecified atom stereocenters. The van der Waals surface area contributed by atoms with E-state index in [1.54, 1.807) is 13.3 Å². The van der Waals surface area contributed by atoms with E-state index in [1.165, 1.54) is 30.2 Å². The van der Waals surface area contributed by atoms with E-state index in [1.807, 2.05) is 13.0 Å². The van der Waals surface area contributed by atoms with Gasteiger partial charge in [-0.25, -0.2) is 9.67 Å². The average Bonchev–Trinajstić information content (AvgIpc) is 3.27. The third-order valence-electron chi connectivity index (χ3n) is 5.49. The molecule has 1 fully saturated rings. The molecule has 142 valence electrons. The zero-order valence-electron chi connectivity index (χ0n) is 16.0. The monoisotopic (exact) mass is 365 g/mol. The van der Waals surface area contributed by atoms with Gasteiger partial charge in [0.25, 0.3) is 0 Å². The van der Waals surface area contributed by atoms with Crippen LogP contribution >= 0.6 is 0 Å². The van der Waals surface area contributed by atoms with Gasteiger partial charge in [0.15, 0.2) is 5.82 Å². The highest BCUT2D eigenvalue weighted by molar-refractivity contribution is 5.89. The Morgan fingerprint density at radius 2 is 2.07 bits per heavy atom. The summed E-state index contributed by atoms with van der Waals surface area (Å²) in [5.41, 5.74) is 3.31. The minimum absolute atomic E-state index is 0.00531. The highest BCUT2D eigenvalue weighted by Crippen LogP contribution is 2.34. The molecular weight excluding hydrogens is 338 g/mol. The summed E-state index contributed by atoms with van der Waals surface area (Å²) in [6.07, 6.45) is 8.55. The fourth-order valence-electron chi connectivity index (χ4n) is 4.33. The topological polar surface area (TPSA) is 75.6 Å². The van der Waals surface area contributed by atoms with Crippen LogP contribution in [0.25, 0.3) is 22.4 Å². The Hall–Kier alpha value is -2.63. The number of amides is 1. The summed E-state index contributed by atoms with van der Waals surface area (Å²) in [5, 5.41) is 8.75. The van der Waals surface area contributed by atoms with Gasteiger partial charge >= 0.3 is 0 Å². The number of hydrogen-bond acceptors (Lipinski definition) is 3. The molecular formula is C21H27N5O. The van der Waals surface area contributed by atoms with Crippen LogP contribution in [0, 0.1) is 0 Å². The molecule has 4 rings (SSSR count). The van der Waals surface area contributed by atoms with Crippen molar-refractivity contribution in [2.45, 2.75) is 64.5 Å². The first-order chi connectivity index (χ1) is 13.1. The van der Waals surface area contributed by atoms with Crippen molar-refractivity contribution in [1.82, 2.24) is 25.1 Å². The Morgan fingerprint density at radius 1 is 1.30 bits per heavy atom. The SMILES string of the molecule is CC(=O)N[C@H](C)Cc1c(-c2ncnn2C2CCCCC2)[nH]c2ccccc12. The van der Waals surface area contributed by atoms with Crippen molar-refractivity contribution in [3.8, 4) is 11.5 Å². The van der Waals surface area contributed by atoms with Crippen LogP contribution in [-0.4, -0.2) is 31.7 Å². The third-order valence-corrected chi connectivity index (χ3v) is 5.49. The number of H-pyrrole nitrogens is 1. The average molecular weight is 365 g/mol. The van der Waals surface area contributed by atoms with Crippen molar-refractivity contribution in [2.75, 3.05) is 0 Å². The molecule has 1 aromatic carbocycles. The zero-order chi connectivity index (χ0) is 18.8. The summed E-state index contributed by atoms with van der Waals surface area (Å²) in [7, 11) is 0. The number of fused-ring (bicyclic) bond motifs is 1. The molecule has 1 aliphatic carbocycles. The minimum Gasteiger partial charge on any atom is -0.354 e. The number of nitrogens with zero attached hydrogens (tertiary/aromatic N) is 3. The maximum absolute atomic E-state index is 11.5. The lowest BCUT2D eigenvalue weighted by Crippen LogP contribution is -2.32. The Labute approximate surface area is 159 Å². The van der Waals surface area contributed by atoms with E-state index in [0.717, 1.165) is 36.3 Å². The fraction of sp³-hybridized carbons (Fsp3) is 0.476. The van der Waals surface area contributed by atoms with Crippen LogP contribution in [0.2, 0.25) is 0 Å². The second-order valence-electron chi connectivity index (χ2n) is 7.65. The number of nitrogens with one attached hydrogen (secondary N) is 2. The van der Waals surface area contributed by atoms with Gasteiger partial charge in [0.2, 0.25) is 5.91 Å². The van der Waals surface area contributed by atoms with E-state index < -0.39 is 0 Å². The molecule has 6 heteroatoms. The van der Waals surface area contributed by atoms with E-state index in [9.17, 15) is 4.79 Å². The lowest BCUT2D eigenvalue weighted by atomic mass is 9.95. The largest absolute Gasteiger partial charge is 0.354 e. The second kappa shape index (κ2) is 7.55. The molecule has 0 aliphatic heterocycles. The van der Waals surface area contributed by atoms with Gasteiger partial charge in [0.1, 0.15) is 6.33 Å². The summed E-state index contributed by atoms with van der Waals surface area (Å²) >= 11 is 0. The summed E-state index contributed by atoms with van der Waals surface area (Å²) in [4.78, 5) is 19.7. The number of aromatic amines is 1. The summed E-state index contributed by atoms with van der Waals surface area (Å²) < 4.78 is 2.11. The van der Waals surface area contributed by atoms with Gasteiger partial charge in [-0.15, -0.1) is 0 Å². The number of hydrogen-bond donors (Lipinski definition) is 2. The van der Waals surface area contributed by atoms with Gasteiger partial charge in [-0.05, 0) is 37.8 Å². The standard InChI is InChI=1S/C21H27N5O/c1-14(24-15(2)27)12-18-17-10-6-7-11-19(17)25-20(18)21-22-13-23-26(21)16-8-4-3-5-9-16/h6-7,10-11,13-14,16,25H,3-5,8-9,12H2,1-2H3,(H,24,27)/t14-/m1/s1. The molecule has 2 N–H and O–H groups in total. The van der Waals surface area contributed by atoms with Crippen molar-refractivity contribution in [3.05, 3.63) is 36.2 Å². The molecule has 1 aliphatic rings. The first-order valence-corrected chi connectivity index (χ1v) is 9.90. The van der Waals surface area contributed by atoms with E-state index in [-0.39, 0.29) is 11.9 Å². The van der Waals surface area contributed by atoms with E-state index in [0.29, 0.717) is 6.04 Å². The number of benzene rings is 1. The van der Waals surface area contributed by atoms with E-state index >= 15 is 0 Å². The maximum Gasteiger partial charge on any atom is 0.217 e. The smallest absolute Gasteiger partial charge is 0.217 e. The van der Waals surface area contributed by atoms with Gasteiger partial charge in [-0.2, -0.15) is 5.10 Å². The molecule has 1 atom stereocenters. The molecule has 2 heterocycles. The van der Waals surface area contributed by atoms with Gasteiger partial charge in [0, 0.05) is 23.9 Å². The molecule has 6 nitrogen and oxygen atoms in total. The van der Waals surface area contributed by atoms with Crippen LogP contribution in [0.1, 0.15) is 57.6 Å². The van der Waals surface area contributed by atoms with Gasteiger partial charge < -0.3 is 10.3 Å². The normalized spacial score (nSPS) is 16.5. The number of rotatable bonds is 5.